The van der Waals surface area contributed by atoms with Crippen molar-refractivity contribution in [1.29, 1.82) is 0 Å². The molecule has 2 aliphatic rings. The van der Waals surface area contributed by atoms with Gasteiger partial charge in [0, 0.05) is 16.8 Å². The SMILES string of the molecule is CC1(C)c2ccccc2-c2ccc(N(c3ccc(-c4c(-c5ccccc5)cccc4-c4ccccc4)cc3)c3ccc4ccccc4c3C3CCCCC3)cc21. The number of hydrogen-bond acceptors (Lipinski definition) is 1. The maximum absolute atomic E-state index is 2.57. The molecule has 10 rings (SSSR count). The van der Waals surface area contributed by atoms with Gasteiger partial charge in [0.15, 0.2) is 0 Å². The van der Waals surface area contributed by atoms with Crippen LogP contribution in [0.4, 0.5) is 17.1 Å². The molecule has 0 unspecified atom stereocenters. The van der Waals surface area contributed by atoms with Crippen LogP contribution < -0.4 is 4.90 Å². The summed E-state index contributed by atoms with van der Waals surface area (Å²) in [5.41, 5.74) is 18.0. The van der Waals surface area contributed by atoms with E-state index in [9.17, 15) is 0 Å². The minimum Gasteiger partial charge on any atom is -0.310 e. The standard InChI is InChI=1S/C55H47N/c1-55(2)50-28-15-14-25-48(50)49-35-34-44(37-51(49)55)56(52-36-31-40-21-12-13-24-47(40)54(52)41-22-10-5-11-23-41)43-32-29-42(30-33-43)53-45(38-17-6-3-7-18-38)26-16-27-46(53)39-19-8-4-9-20-39/h3-4,6-9,12-21,24-37,41H,5,10-11,22-23H2,1-2H3. The third-order valence-electron chi connectivity index (χ3n) is 12.7. The van der Waals surface area contributed by atoms with Gasteiger partial charge in [-0.25, -0.2) is 0 Å². The molecular weight excluding hydrogens is 675 g/mol. The molecular formula is C55H47N. The van der Waals surface area contributed by atoms with Crippen LogP contribution in [0.2, 0.25) is 0 Å². The van der Waals surface area contributed by atoms with Crippen LogP contribution in [0.5, 0.6) is 0 Å². The molecule has 0 radical (unpaired) electrons. The quantitative estimate of drug-likeness (QED) is 0.158. The number of fused-ring (bicyclic) bond motifs is 4. The van der Waals surface area contributed by atoms with Gasteiger partial charge in [0.25, 0.3) is 0 Å². The average Bonchev–Trinajstić information content (AvgIpc) is 3.50. The van der Waals surface area contributed by atoms with Gasteiger partial charge in [0.1, 0.15) is 0 Å². The second-order valence-corrected chi connectivity index (χ2v) is 16.3. The van der Waals surface area contributed by atoms with Gasteiger partial charge in [-0.1, -0.05) is 185 Å². The summed E-state index contributed by atoms with van der Waals surface area (Å²) in [6, 6.07) is 67.8. The molecule has 8 aromatic rings. The highest BCUT2D eigenvalue weighted by Crippen LogP contribution is 2.52. The van der Waals surface area contributed by atoms with Crippen molar-refractivity contribution < 1.29 is 0 Å². The Morgan fingerprint density at radius 3 is 1.75 bits per heavy atom. The highest BCUT2D eigenvalue weighted by atomic mass is 15.1. The van der Waals surface area contributed by atoms with E-state index in [1.165, 1.54) is 121 Å². The highest BCUT2D eigenvalue weighted by molar-refractivity contribution is 5.97. The van der Waals surface area contributed by atoms with Crippen molar-refractivity contribution >= 4 is 27.8 Å². The van der Waals surface area contributed by atoms with Crippen LogP contribution >= 0.6 is 0 Å². The van der Waals surface area contributed by atoms with Crippen LogP contribution in [0.1, 0.15) is 68.6 Å². The summed E-state index contributed by atoms with van der Waals surface area (Å²) >= 11 is 0. The van der Waals surface area contributed by atoms with E-state index in [0.29, 0.717) is 5.92 Å². The van der Waals surface area contributed by atoms with Crippen LogP contribution in [-0.4, -0.2) is 0 Å². The minimum absolute atomic E-state index is 0.0952. The predicted molar refractivity (Wildman–Crippen MR) is 238 cm³/mol. The van der Waals surface area contributed by atoms with E-state index >= 15 is 0 Å². The zero-order valence-electron chi connectivity index (χ0n) is 32.4. The van der Waals surface area contributed by atoms with Crippen LogP contribution in [0.3, 0.4) is 0 Å². The third kappa shape index (κ3) is 5.85. The molecule has 0 bridgehead atoms. The van der Waals surface area contributed by atoms with Crippen molar-refractivity contribution in [2.24, 2.45) is 0 Å². The normalized spacial score (nSPS) is 14.7. The number of nitrogens with zero attached hydrogens (tertiary/aromatic N) is 1. The lowest BCUT2D eigenvalue weighted by Gasteiger charge is -2.33. The minimum atomic E-state index is -0.0952. The lowest BCUT2D eigenvalue weighted by molar-refractivity contribution is 0.446. The van der Waals surface area contributed by atoms with Gasteiger partial charge in [0.2, 0.25) is 0 Å². The Balaban J connectivity index is 1.18. The smallest absolute Gasteiger partial charge is 0.0502 e. The van der Waals surface area contributed by atoms with Gasteiger partial charge in [0.05, 0.1) is 5.69 Å². The van der Waals surface area contributed by atoms with Gasteiger partial charge in [-0.05, 0) is 121 Å². The Labute approximate surface area is 331 Å². The van der Waals surface area contributed by atoms with Gasteiger partial charge < -0.3 is 4.90 Å². The fraction of sp³-hybridized carbons (Fsp3) is 0.164. The van der Waals surface area contributed by atoms with Crippen molar-refractivity contribution in [3.05, 3.63) is 199 Å². The first-order valence-corrected chi connectivity index (χ1v) is 20.5. The molecule has 56 heavy (non-hydrogen) atoms. The molecule has 8 aromatic carbocycles. The number of rotatable bonds is 7. The number of anilines is 3. The maximum Gasteiger partial charge on any atom is 0.0502 e. The van der Waals surface area contributed by atoms with E-state index < -0.39 is 0 Å². The fourth-order valence-corrected chi connectivity index (χ4v) is 9.92. The molecule has 272 valence electrons. The van der Waals surface area contributed by atoms with Crippen LogP contribution in [0, 0.1) is 0 Å². The highest BCUT2D eigenvalue weighted by Gasteiger charge is 2.36. The van der Waals surface area contributed by atoms with Gasteiger partial charge in [-0.2, -0.15) is 0 Å². The predicted octanol–water partition coefficient (Wildman–Crippen LogP) is 15.7. The van der Waals surface area contributed by atoms with Crippen molar-refractivity contribution in [1.82, 2.24) is 0 Å². The molecule has 1 nitrogen and oxygen atoms in total. The summed E-state index contributed by atoms with van der Waals surface area (Å²) in [4.78, 5) is 2.57. The Hall–Kier alpha value is -6.18. The molecule has 0 aromatic heterocycles. The summed E-state index contributed by atoms with van der Waals surface area (Å²) < 4.78 is 0. The lowest BCUT2D eigenvalue weighted by atomic mass is 9.80. The summed E-state index contributed by atoms with van der Waals surface area (Å²) in [6.07, 6.45) is 6.38. The first kappa shape index (κ1) is 34.3. The van der Waals surface area contributed by atoms with Crippen molar-refractivity contribution in [3.63, 3.8) is 0 Å². The van der Waals surface area contributed by atoms with Crippen LogP contribution in [-0.2, 0) is 5.41 Å². The van der Waals surface area contributed by atoms with Gasteiger partial charge in [-0.15, -0.1) is 0 Å². The Bertz CT molecular complexity index is 2620. The third-order valence-corrected chi connectivity index (χ3v) is 12.7. The zero-order chi connectivity index (χ0) is 37.6. The molecule has 0 heterocycles. The molecule has 0 aliphatic heterocycles. The number of benzene rings is 8. The lowest BCUT2D eigenvalue weighted by Crippen LogP contribution is -2.18. The molecule has 2 aliphatic carbocycles. The van der Waals surface area contributed by atoms with Crippen LogP contribution in [0.15, 0.2) is 182 Å². The largest absolute Gasteiger partial charge is 0.310 e. The molecule has 1 heteroatoms. The molecule has 1 saturated carbocycles. The first-order valence-electron chi connectivity index (χ1n) is 20.5. The summed E-state index contributed by atoms with van der Waals surface area (Å²) in [5.74, 6) is 0.521. The van der Waals surface area contributed by atoms with Gasteiger partial charge >= 0.3 is 0 Å². The Morgan fingerprint density at radius 1 is 0.446 bits per heavy atom. The van der Waals surface area contributed by atoms with E-state index in [4.69, 9.17) is 0 Å². The fourth-order valence-electron chi connectivity index (χ4n) is 9.92. The topological polar surface area (TPSA) is 3.24 Å². The summed E-state index contributed by atoms with van der Waals surface area (Å²) in [5, 5.41) is 2.71. The number of hydrogen-bond donors (Lipinski definition) is 0. The van der Waals surface area contributed by atoms with E-state index in [2.05, 4.69) is 201 Å². The molecule has 0 atom stereocenters. The Kier molecular flexibility index (Phi) is 8.67. The van der Waals surface area contributed by atoms with Gasteiger partial charge in [-0.3, -0.25) is 0 Å². The van der Waals surface area contributed by atoms with E-state index in [-0.39, 0.29) is 5.41 Å². The second-order valence-electron chi connectivity index (χ2n) is 16.3. The van der Waals surface area contributed by atoms with E-state index in [1.54, 1.807) is 0 Å². The van der Waals surface area contributed by atoms with E-state index in [0.717, 1.165) is 0 Å². The second kappa shape index (κ2) is 14.2. The summed E-state index contributed by atoms with van der Waals surface area (Å²) in [7, 11) is 0. The summed E-state index contributed by atoms with van der Waals surface area (Å²) in [6.45, 7) is 4.77. The zero-order valence-corrected chi connectivity index (χ0v) is 32.4. The monoisotopic (exact) mass is 721 g/mol. The molecule has 0 saturated heterocycles. The van der Waals surface area contributed by atoms with Crippen LogP contribution in [0.25, 0.3) is 55.3 Å². The van der Waals surface area contributed by atoms with Crippen molar-refractivity contribution in [2.45, 2.75) is 57.3 Å². The van der Waals surface area contributed by atoms with Crippen molar-refractivity contribution in [3.8, 4) is 44.5 Å². The van der Waals surface area contributed by atoms with Crippen molar-refractivity contribution in [2.75, 3.05) is 4.90 Å². The molecule has 0 amide bonds. The van der Waals surface area contributed by atoms with E-state index in [1.807, 2.05) is 0 Å². The Morgan fingerprint density at radius 2 is 1.04 bits per heavy atom. The average molecular weight is 722 g/mol. The first-order chi connectivity index (χ1) is 27.6. The maximum atomic E-state index is 2.57. The molecule has 1 fully saturated rings. The molecule has 0 N–H and O–H groups in total. The molecule has 0 spiro atoms.